The summed E-state index contributed by atoms with van der Waals surface area (Å²) in [5.74, 6) is 0.462. The van der Waals surface area contributed by atoms with E-state index in [9.17, 15) is 9.59 Å². The van der Waals surface area contributed by atoms with Crippen LogP contribution in [0, 0.1) is 18.8 Å². The number of hydrogen-bond donors (Lipinski definition) is 3. The predicted octanol–water partition coefficient (Wildman–Crippen LogP) is 2.14. The first-order valence-corrected chi connectivity index (χ1v) is 8.08. The number of rotatable bonds is 4. The maximum atomic E-state index is 11.9. The lowest BCUT2D eigenvalue weighted by atomic mass is 9.95. The van der Waals surface area contributed by atoms with Crippen LogP contribution in [0.1, 0.15) is 46.1 Å². The second-order valence-electron chi connectivity index (χ2n) is 5.94. The number of carbonyl (C=O) groups excluding carboxylic acids is 1. The van der Waals surface area contributed by atoms with Gasteiger partial charge < -0.3 is 15.7 Å². The van der Waals surface area contributed by atoms with Gasteiger partial charge in [-0.05, 0) is 38.0 Å². The van der Waals surface area contributed by atoms with E-state index < -0.39 is 5.97 Å². The number of carboxylic acid groups (broad SMARTS) is 1. The molecule has 3 rings (SSSR count). The van der Waals surface area contributed by atoms with Crippen molar-refractivity contribution in [3.05, 3.63) is 15.6 Å². The summed E-state index contributed by atoms with van der Waals surface area (Å²) in [7, 11) is 0. The Balaban J connectivity index is 1.49. The van der Waals surface area contributed by atoms with Crippen LogP contribution in [0.2, 0.25) is 0 Å². The van der Waals surface area contributed by atoms with Crippen LogP contribution in [0.25, 0.3) is 0 Å². The molecule has 7 heteroatoms. The Kier molecular flexibility index (Phi) is 3.84. The lowest BCUT2D eigenvalue weighted by molar-refractivity contribution is 0.0701. The first-order chi connectivity index (χ1) is 10.0. The molecule has 2 saturated carbocycles. The predicted molar refractivity (Wildman–Crippen MR) is 78.4 cm³/mol. The van der Waals surface area contributed by atoms with Gasteiger partial charge in [-0.15, -0.1) is 11.3 Å². The molecule has 2 bridgehead atoms. The summed E-state index contributed by atoms with van der Waals surface area (Å²) in [5.41, 5.74) is 0.498. The minimum absolute atomic E-state index is 0.183. The summed E-state index contributed by atoms with van der Waals surface area (Å²) < 4.78 is 0. The van der Waals surface area contributed by atoms with Gasteiger partial charge in [0.25, 0.3) is 0 Å². The van der Waals surface area contributed by atoms with Crippen molar-refractivity contribution in [3.63, 3.8) is 0 Å². The van der Waals surface area contributed by atoms with Gasteiger partial charge in [0.1, 0.15) is 9.88 Å². The van der Waals surface area contributed by atoms with E-state index in [0.717, 1.165) is 23.7 Å². The van der Waals surface area contributed by atoms with Crippen LogP contribution >= 0.6 is 11.3 Å². The monoisotopic (exact) mass is 309 g/mol. The van der Waals surface area contributed by atoms with Crippen molar-refractivity contribution in [2.24, 2.45) is 11.8 Å². The fourth-order valence-corrected chi connectivity index (χ4v) is 4.37. The molecule has 0 aliphatic heterocycles. The Morgan fingerprint density at radius 1 is 1.38 bits per heavy atom. The molecule has 2 amide bonds. The van der Waals surface area contributed by atoms with Gasteiger partial charge in [-0.2, -0.15) is 0 Å². The maximum Gasteiger partial charge on any atom is 0.347 e. The molecule has 0 spiro atoms. The van der Waals surface area contributed by atoms with Crippen LogP contribution in [0.3, 0.4) is 0 Å². The molecule has 6 nitrogen and oxygen atoms in total. The molecule has 3 N–H and O–H groups in total. The second-order valence-corrected chi connectivity index (χ2v) is 7.02. The van der Waals surface area contributed by atoms with E-state index in [1.165, 1.54) is 19.3 Å². The molecule has 1 aromatic rings. The van der Waals surface area contributed by atoms with Crippen molar-refractivity contribution in [3.8, 4) is 0 Å². The average molecular weight is 309 g/mol. The molecule has 1 aromatic heterocycles. The van der Waals surface area contributed by atoms with E-state index in [0.29, 0.717) is 22.7 Å². The molecule has 0 aromatic carbocycles. The fraction of sp³-hybridized carbons (Fsp3) is 0.643. The number of aromatic nitrogens is 1. The van der Waals surface area contributed by atoms with Gasteiger partial charge in [0, 0.05) is 6.04 Å². The maximum absolute atomic E-state index is 11.9. The molecular weight excluding hydrogens is 290 g/mol. The zero-order valence-corrected chi connectivity index (χ0v) is 12.7. The standard InChI is InChI=1S/C14H19N3O3S/c1-7-12(13(18)19)21-11(16-7)6-15-14(20)17-10-5-8-2-3-9(10)4-8/h8-10H,2-6H2,1H3,(H,18,19)(H2,15,17,20). The van der Waals surface area contributed by atoms with Crippen molar-refractivity contribution >= 4 is 23.3 Å². The van der Waals surface area contributed by atoms with Crippen LogP contribution in [0.15, 0.2) is 0 Å². The molecule has 3 atom stereocenters. The SMILES string of the molecule is Cc1nc(CNC(=O)NC2CC3CCC2C3)sc1C(=O)O. The minimum atomic E-state index is -0.970. The molecule has 2 aliphatic carbocycles. The zero-order valence-electron chi connectivity index (χ0n) is 11.9. The van der Waals surface area contributed by atoms with Gasteiger partial charge in [0.15, 0.2) is 0 Å². The van der Waals surface area contributed by atoms with Gasteiger partial charge in [0.05, 0.1) is 12.2 Å². The highest BCUT2D eigenvalue weighted by atomic mass is 32.1. The van der Waals surface area contributed by atoms with Crippen molar-refractivity contribution in [1.82, 2.24) is 15.6 Å². The minimum Gasteiger partial charge on any atom is -0.477 e. The van der Waals surface area contributed by atoms with Gasteiger partial charge >= 0.3 is 12.0 Å². The molecule has 2 aliphatic rings. The van der Waals surface area contributed by atoms with Crippen LogP contribution in [-0.4, -0.2) is 28.1 Å². The third kappa shape index (κ3) is 3.02. The largest absolute Gasteiger partial charge is 0.477 e. The first kappa shape index (κ1) is 14.3. The Labute approximate surface area is 127 Å². The smallest absolute Gasteiger partial charge is 0.347 e. The number of fused-ring (bicyclic) bond motifs is 2. The number of amides is 2. The average Bonchev–Trinajstić information content (AvgIpc) is 3.11. The van der Waals surface area contributed by atoms with Crippen molar-refractivity contribution in [2.75, 3.05) is 0 Å². The van der Waals surface area contributed by atoms with Crippen molar-refractivity contribution in [1.29, 1.82) is 0 Å². The molecule has 1 heterocycles. The Hall–Kier alpha value is -1.63. The van der Waals surface area contributed by atoms with E-state index in [-0.39, 0.29) is 17.5 Å². The fourth-order valence-electron chi connectivity index (χ4n) is 3.52. The van der Waals surface area contributed by atoms with E-state index in [1.807, 2.05) is 0 Å². The summed E-state index contributed by atoms with van der Waals surface area (Å²) in [4.78, 5) is 27.3. The number of aryl methyl sites for hydroxylation is 1. The number of urea groups is 1. The number of nitrogens with one attached hydrogen (secondary N) is 2. The van der Waals surface area contributed by atoms with Gasteiger partial charge in [-0.1, -0.05) is 6.42 Å². The van der Waals surface area contributed by atoms with Crippen molar-refractivity contribution < 1.29 is 14.7 Å². The van der Waals surface area contributed by atoms with Crippen molar-refractivity contribution in [2.45, 2.75) is 45.2 Å². The first-order valence-electron chi connectivity index (χ1n) is 7.27. The molecule has 21 heavy (non-hydrogen) atoms. The molecule has 3 unspecified atom stereocenters. The zero-order chi connectivity index (χ0) is 15.0. The molecule has 0 saturated heterocycles. The lowest BCUT2D eigenvalue weighted by Crippen LogP contribution is -2.44. The highest BCUT2D eigenvalue weighted by Crippen LogP contribution is 2.44. The van der Waals surface area contributed by atoms with Gasteiger partial charge in [0.2, 0.25) is 0 Å². The Bertz CT molecular complexity index is 572. The van der Waals surface area contributed by atoms with Crippen LogP contribution in [0.5, 0.6) is 0 Å². The van der Waals surface area contributed by atoms with E-state index in [2.05, 4.69) is 15.6 Å². The Morgan fingerprint density at radius 2 is 2.19 bits per heavy atom. The van der Waals surface area contributed by atoms with Gasteiger partial charge in [-0.25, -0.2) is 14.6 Å². The number of carboxylic acids is 1. The van der Waals surface area contributed by atoms with Crippen LogP contribution < -0.4 is 10.6 Å². The number of hydrogen-bond acceptors (Lipinski definition) is 4. The summed E-state index contributed by atoms with van der Waals surface area (Å²) in [6, 6.07) is 0.119. The molecule has 0 radical (unpaired) electrons. The summed E-state index contributed by atoms with van der Waals surface area (Å²) in [6.07, 6.45) is 4.88. The number of carbonyl (C=O) groups is 2. The lowest BCUT2D eigenvalue weighted by Gasteiger charge is -2.22. The van der Waals surface area contributed by atoms with Crippen LogP contribution in [-0.2, 0) is 6.54 Å². The Morgan fingerprint density at radius 3 is 2.76 bits per heavy atom. The topological polar surface area (TPSA) is 91.3 Å². The number of thiazole rings is 1. The number of nitrogens with zero attached hydrogens (tertiary/aromatic N) is 1. The summed E-state index contributed by atoms with van der Waals surface area (Å²) in [5, 5.41) is 15.4. The molecule has 114 valence electrons. The quantitative estimate of drug-likeness (QED) is 0.794. The number of aromatic carboxylic acids is 1. The molecular formula is C14H19N3O3S. The molecule has 2 fully saturated rings. The highest BCUT2D eigenvalue weighted by molar-refractivity contribution is 7.13. The second kappa shape index (κ2) is 5.63. The van der Waals surface area contributed by atoms with E-state index >= 15 is 0 Å². The summed E-state index contributed by atoms with van der Waals surface area (Å²) >= 11 is 1.11. The third-order valence-corrected chi connectivity index (χ3v) is 5.64. The third-order valence-electron chi connectivity index (χ3n) is 4.49. The summed E-state index contributed by atoms with van der Waals surface area (Å²) in [6.45, 7) is 1.93. The van der Waals surface area contributed by atoms with E-state index in [4.69, 9.17) is 5.11 Å². The normalized spacial score (nSPS) is 26.8. The van der Waals surface area contributed by atoms with Gasteiger partial charge in [-0.3, -0.25) is 0 Å². The van der Waals surface area contributed by atoms with E-state index in [1.54, 1.807) is 6.92 Å². The highest BCUT2D eigenvalue weighted by Gasteiger charge is 2.40. The van der Waals surface area contributed by atoms with Crippen LogP contribution in [0.4, 0.5) is 4.79 Å².